The lowest BCUT2D eigenvalue weighted by atomic mass is 10.3. The van der Waals surface area contributed by atoms with Crippen LogP contribution in [-0.4, -0.2) is 43.0 Å². The molecule has 0 aliphatic rings. The number of carbonyl (C=O) groups is 2. The van der Waals surface area contributed by atoms with Gasteiger partial charge in [-0.3, -0.25) is 14.6 Å². The third-order valence-electron chi connectivity index (χ3n) is 2.34. The number of carboxylic acids is 1. The number of rotatable bonds is 7. The fourth-order valence-electron chi connectivity index (χ4n) is 1.26. The molecule has 8 nitrogen and oxygen atoms in total. The van der Waals surface area contributed by atoms with Gasteiger partial charge < -0.3 is 10.4 Å². The first kappa shape index (κ1) is 16.1. The Hall–Kier alpha value is -2.00. The van der Waals surface area contributed by atoms with Crippen LogP contribution in [0.4, 0.5) is 0 Å². The molecule has 0 fully saturated rings. The van der Waals surface area contributed by atoms with Gasteiger partial charge in [-0.05, 0) is 19.1 Å². The zero-order valence-electron chi connectivity index (χ0n) is 10.7. The van der Waals surface area contributed by atoms with Gasteiger partial charge in [0, 0.05) is 25.4 Å². The molecule has 0 saturated carbocycles. The summed E-state index contributed by atoms with van der Waals surface area (Å²) < 4.78 is 25.8. The summed E-state index contributed by atoms with van der Waals surface area (Å²) in [6.07, 6.45) is 2.48. The van der Waals surface area contributed by atoms with Crippen molar-refractivity contribution < 1.29 is 23.1 Å². The summed E-state index contributed by atoms with van der Waals surface area (Å²) in [4.78, 5) is 25.6. The number of carbonyl (C=O) groups excluding carboxylic acids is 1. The highest BCUT2D eigenvalue weighted by molar-refractivity contribution is 7.89. The molecule has 0 unspecified atom stereocenters. The van der Waals surface area contributed by atoms with E-state index < -0.39 is 27.9 Å². The molecule has 1 amide bonds. The molecule has 0 aromatic carbocycles. The molecule has 1 heterocycles. The summed E-state index contributed by atoms with van der Waals surface area (Å²) in [6, 6.07) is 1.84. The zero-order valence-corrected chi connectivity index (χ0v) is 11.6. The highest BCUT2D eigenvalue weighted by Gasteiger charge is 2.16. The molecule has 20 heavy (non-hydrogen) atoms. The Kier molecular flexibility index (Phi) is 5.59. The fraction of sp³-hybridized carbons (Fsp3) is 0.364. The average Bonchev–Trinajstić information content (AvgIpc) is 2.39. The lowest BCUT2D eigenvalue weighted by Crippen LogP contribution is -2.39. The molecule has 1 aromatic rings. The number of pyridine rings is 1. The minimum atomic E-state index is -3.71. The van der Waals surface area contributed by atoms with Crippen molar-refractivity contribution in [2.24, 2.45) is 0 Å². The predicted molar refractivity (Wildman–Crippen MR) is 69.3 cm³/mol. The van der Waals surface area contributed by atoms with Crippen molar-refractivity contribution in [2.45, 2.75) is 24.3 Å². The molecular formula is C11H15N3O5S. The summed E-state index contributed by atoms with van der Waals surface area (Å²) >= 11 is 0. The SMILES string of the molecule is C[C@@H](NC(=O)CCNS(=O)(=O)c1cccnc1)C(=O)O. The van der Waals surface area contributed by atoms with Crippen LogP contribution in [0.5, 0.6) is 0 Å². The smallest absolute Gasteiger partial charge is 0.325 e. The molecule has 0 saturated heterocycles. The highest BCUT2D eigenvalue weighted by Crippen LogP contribution is 2.04. The van der Waals surface area contributed by atoms with Gasteiger partial charge in [-0.1, -0.05) is 0 Å². The lowest BCUT2D eigenvalue weighted by Gasteiger charge is -2.09. The molecule has 1 aromatic heterocycles. The Bertz CT molecular complexity index is 573. The van der Waals surface area contributed by atoms with Gasteiger partial charge in [0.05, 0.1) is 0 Å². The van der Waals surface area contributed by atoms with E-state index in [1.807, 2.05) is 0 Å². The predicted octanol–water partition coefficient (Wildman–Crippen LogP) is -0.661. The van der Waals surface area contributed by atoms with Gasteiger partial charge in [-0.25, -0.2) is 13.1 Å². The number of aliphatic carboxylic acids is 1. The van der Waals surface area contributed by atoms with Gasteiger partial charge in [0.25, 0.3) is 0 Å². The van der Waals surface area contributed by atoms with E-state index in [1.54, 1.807) is 0 Å². The lowest BCUT2D eigenvalue weighted by molar-refractivity contribution is -0.141. The van der Waals surface area contributed by atoms with Crippen LogP contribution in [0, 0.1) is 0 Å². The molecule has 3 N–H and O–H groups in total. The van der Waals surface area contributed by atoms with Crippen LogP contribution in [-0.2, 0) is 19.6 Å². The second-order valence-corrected chi connectivity index (χ2v) is 5.73. The molecule has 1 atom stereocenters. The summed E-state index contributed by atoms with van der Waals surface area (Å²) in [5.41, 5.74) is 0. The molecule has 0 aliphatic heterocycles. The van der Waals surface area contributed by atoms with E-state index in [4.69, 9.17) is 5.11 Å². The van der Waals surface area contributed by atoms with Crippen molar-refractivity contribution >= 4 is 21.9 Å². The first-order valence-corrected chi connectivity index (χ1v) is 7.23. The third-order valence-corrected chi connectivity index (χ3v) is 3.78. The third kappa shape index (κ3) is 4.94. The number of amides is 1. The van der Waals surface area contributed by atoms with Crippen molar-refractivity contribution in [2.75, 3.05) is 6.54 Å². The van der Waals surface area contributed by atoms with Gasteiger partial charge >= 0.3 is 5.97 Å². The molecule has 110 valence electrons. The second kappa shape index (κ2) is 6.96. The number of sulfonamides is 1. The van der Waals surface area contributed by atoms with Crippen molar-refractivity contribution in [3.05, 3.63) is 24.5 Å². The van der Waals surface area contributed by atoms with E-state index in [1.165, 1.54) is 31.5 Å². The Morgan fingerprint density at radius 3 is 2.70 bits per heavy atom. The molecule has 0 radical (unpaired) electrons. The van der Waals surface area contributed by atoms with Gasteiger partial charge in [-0.15, -0.1) is 0 Å². The maximum atomic E-state index is 11.8. The normalized spacial score (nSPS) is 12.7. The molecule has 0 spiro atoms. The van der Waals surface area contributed by atoms with Gasteiger partial charge in [-0.2, -0.15) is 0 Å². The number of hydrogen-bond acceptors (Lipinski definition) is 5. The van der Waals surface area contributed by atoms with Crippen molar-refractivity contribution in [3.63, 3.8) is 0 Å². The fourth-order valence-corrected chi connectivity index (χ4v) is 2.26. The van der Waals surface area contributed by atoms with Crippen molar-refractivity contribution in [1.29, 1.82) is 0 Å². The van der Waals surface area contributed by atoms with E-state index in [0.717, 1.165) is 0 Å². The maximum absolute atomic E-state index is 11.8. The molecular weight excluding hydrogens is 286 g/mol. The topological polar surface area (TPSA) is 125 Å². The van der Waals surface area contributed by atoms with Crippen LogP contribution >= 0.6 is 0 Å². The Morgan fingerprint density at radius 2 is 2.15 bits per heavy atom. The monoisotopic (exact) mass is 301 g/mol. The largest absolute Gasteiger partial charge is 0.480 e. The van der Waals surface area contributed by atoms with E-state index in [2.05, 4.69) is 15.0 Å². The quantitative estimate of drug-likeness (QED) is 0.614. The van der Waals surface area contributed by atoms with Crippen LogP contribution in [0.15, 0.2) is 29.4 Å². The van der Waals surface area contributed by atoms with Crippen LogP contribution < -0.4 is 10.0 Å². The van der Waals surface area contributed by atoms with E-state index >= 15 is 0 Å². The van der Waals surface area contributed by atoms with Crippen LogP contribution in [0.1, 0.15) is 13.3 Å². The van der Waals surface area contributed by atoms with E-state index in [-0.39, 0.29) is 17.9 Å². The van der Waals surface area contributed by atoms with E-state index in [0.29, 0.717) is 0 Å². The van der Waals surface area contributed by atoms with Crippen molar-refractivity contribution in [3.8, 4) is 0 Å². The first-order valence-electron chi connectivity index (χ1n) is 5.75. The number of carboxylic acid groups (broad SMARTS) is 1. The molecule has 1 rings (SSSR count). The molecule has 0 bridgehead atoms. The van der Waals surface area contributed by atoms with Crippen molar-refractivity contribution in [1.82, 2.24) is 15.0 Å². The average molecular weight is 301 g/mol. The molecule has 9 heteroatoms. The Morgan fingerprint density at radius 1 is 1.45 bits per heavy atom. The van der Waals surface area contributed by atoms with Crippen LogP contribution in [0.25, 0.3) is 0 Å². The highest BCUT2D eigenvalue weighted by atomic mass is 32.2. The summed E-state index contributed by atoms with van der Waals surface area (Å²) in [5, 5.41) is 10.8. The van der Waals surface area contributed by atoms with Gasteiger partial charge in [0.1, 0.15) is 10.9 Å². The summed E-state index contributed by atoms with van der Waals surface area (Å²) in [7, 11) is -3.71. The number of hydrogen-bond donors (Lipinski definition) is 3. The number of aromatic nitrogens is 1. The van der Waals surface area contributed by atoms with Gasteiger partial charge in [0.2, 0.25) is 15.9 Å². The second-order valence-electron chi connectivity index (χ2n) is 3.96. The van der Waals surface area contributed by atoms with Gasteiger partial charge in [0.15, 0.2) is 0 Å². The van der Waals surface area contributed by atoms with E-state index in [9.17, 15) is 18.0 Å². The summed E-state index contributed by atoms with van der Waals surface area (Å²) in [6.45, 7) is 1.19. The first-order chi connectivity index (χ1) is 9.33. The minimum absolute atomic E-state index is 0.000637. The molecule has 0 aliphatic carbocycles. The number of nitrogens with one attached hydrogen (secondary N) is 2. The Labute approximate surface area is 116 Å². The maximum Gasteiger partial charge on any atom is 0.325 e. The minimum Gasteiger partial charge on any atom is -0.480 e. The van der Waals surface area contributed by atoms with Crippen LogP contribution in [0.2, 0.25) is 0 Å². The summed E-state index contributed by atoms with van der Waals surface area (Å²) in [5.74, 6) is -1.71. The Balaban J connectivity index is 2.45. The van der Waals surface area contributed by atoms with Crippen LogP contribution in [0.3, 0.4) is 0 Å². The zero-order chi connectivity index (χ0) is 15.2. The standard InChI is InChI=1S/C11H15N3O5S/c1-8(11(16)17)14-10(15)4-6-13-20(18,19)9-3-2-5-12-7-9/h2-3,5,7-8,13H,4,6H2,1H3,(H,14,15)(H,16,17)/t8-/m1/s1. The number of nitrogens with zero attached hydrogens (tertiary/aromatic N) is 1.